The number of likely N-dealkylation sites (tertiary alicyclic amines) is 1. The zero-order valence-corrected chi connectivity index (χ0v) is 20.7. The second kappa shape index (κ2) is 13.4. The van der Waals surface area contributed by atoms with Crippen LogP contribution in [-0.4, -0.2) is 61.1 Å². The summed E-state index contributed by atoms with van der Waals surface area (Å²) in [6, 6.07) is 10.1. The lowest BCUT2D eigenvalue weighted by atomic mass is 10.0. The van der Waals surface area contributed by atoms with E-state index in [2.05, 4.69) is 77.4 Å². The van der Waals surface area contributed by atoms with Gasteiger partial charge in [0.15, 0.2) is 5.96 Å². The van der Waals surface area contributed by atoms with Gasteiger partial charge in [0.25, 0.3) is 0 Å². The molecule has 0 aliphatic carbocycles. The number of nitrogens with zero attached hydrogens (tertiary/aromatic N) is 3. The van der Waals surface area contributed by atoms with Gasteiger partial charge in [0.2, 0.25) is 0 Å². The van der Waals surface area contributed by atoms with Crippen LogP contribution < -0.4 is 10.6 Å². The summed E-state index contributed by atoms with van der Waals surface area (Å²) in [6.07, 6.45) is 2.36. The largest absolute Gasteiger partial charge is 0.354 e. The van der Waals surface area contributed by atoms with Crippen molar-refractivity contribution in [2.24, 2.45) is 4.99 Å². The highest BCUT2D eigenvalue weighted by Crippen LogP contribution is 2.13. The van der Waals surface area contributed by atoms with E-state index >= 15 is 0 Å². The van der Waals surface area contributed by atoms with Crippen molar-refractivity contribution in [2.75, 3.05) is 33.2 Å². The molecule has 1 aromatic carbocycles. The van der Waals surface area contributed by atoms with Crippen LogP contribution in [0.1, 0.15) is 51.7 Å². The Kier molecular flexibility index (Phi) is 12.0. The van der Waals surface area contributed by atoms with Gasteiger partial charge in [0, 0.05) is 45.3 Å². The van der Waals surface area contributed by atoms with Crippen LogP contribution in [0.4, 0.5) is 0 Å². The first-order valence-electron chi connectivity index (χ1n) is 10.6. The molecule has 6 heteroatoms. The Hall–Kier alpha value is -0.860. The number of piperidine rings is 1. The third kappa shape index (κ3) is 8.25. The zero-order valence-electron chi connectivity index (χ0n) is 18.4. The Labute approximate surface area is 189 Å². The zero-order chi connectivity index (χ0) is 19.6. The molecule has 0 unspecified atom stereocenters. The lowest BCUT2D eigenvalue weighted by Crippen LogP contribution is -2.49. The predicted molar refractivity (Wildman–Crippen MR) is 132 cm³/mol. The second-order valence-electron chi connectivity index (χ2n) is 7.75. The van der Waals surface area contributed by atoms with E-state index < -0.39 is 0 Å². The van der Waals surface area contributed by atoms with Crippen LogP contribution in [0.25, 0.3) is 0 Å². The molecule has 0 saturated carbocycles. The van der Waals surface area contributed by atoms with Gasteiger partial charge >= 0.3 is 0 Å². The maximum Gasteiger partial charge on any atom is 0.191 e. The van der Waals surface area contributed by atoms with Crippen molar-refractivity contribution in [1.82, 2.24) is 20.4 Å². The van der Waals surface area contributed by atoms with Crippen molar-refractivity contribution in [3.63, 3.8) is 0 Å². The number of hydrogen-bond acceptors (Lipinski definition) is 3. The third-order valence-corrected chi connectivity index (χ3v) is 5.61. The molecule has 2 rings (SSSR count). The van der Waals surface area contributed by atoms with E-state index in [1.165, 1.54) is 37.1 Å². The van der Waals surface area contributed by atoms with Crippen molar-refractivity contribution in [3.05, 3.63) is 35.4 Å². The summed E-state index contributed by atoms with van der Waals surface area (Å²) in [6.45, 7) is 15.3. The number of halogens is 1. The normalized spacial score (nSPS) is 16.3. The molecule has 0 amide bonds. The topological polar surface area (TPSA) is 42.9 Å². The van der Waals surface area contributed by atoms with Gasteiger partial charge in [-0.2, -0.15) is 0 Å². The van der Waals surface area contributed by atoms with Crippen LogP contribution in [0, 0.1) is 0 Å². The third-order valence-electron chi connectivity index (χ3n) is 5.61. The highest BCUT2D eigenvalue weighted by Gasteiger charge is 2.21. The van der Waals surface area contributed by atoms with Crippen molar-refractivity contribution in [1.29, 1.82) is 0 Å². The van der Waals surface area contributed by atoms with Gasteiger partial charge in [-0.1, -0.05) is 38.1 Å². The number of rotatable bonds is 8. The molecule has 2 N–H and O–H groups in total. The molecule has 1 saturated heterocycles. The Morgan fingerprint density at radius 2 is 1.68 bits per heavy atom. The molecule has 1 fully saturated rings. The Bertz CT molecular complexity index is 561. The van der Waals surface area contributed by atoms with Crippen LogP contribution in [0.3, 0.4) is 0 Å². The predicted octanol–water partition coefficient (Wildman–Crippen LogP) is 3.68. The fourth-order valence-electron chi connectivity index (χ4n) is 3.60. The summed E-state index contributed by atoms with van der Waals surface area (Å²) in [4.78, 5) is 9.39. The van der Waals surface area contributed by atoms with Crippen molar-refractivity contribution >= 4 is 29.9 Å². The first-order chi connectivity index (χ1) is 13.0. The molecule has 1 aliphatic heterocycles. The summed E-state index contributed by atoms with van der Waals surface area (Å²) in [5, 5.41) is 7.06. The van der Waals surface area contributed by atoms with E-state index in [0.717, 1.165) is 32.1 Å². The van der Waals surface area contributed by atoms with Gasteiger partial charge in [0.1, 0.15) is 0 Å². The molecule has 0 radical (unpaired) electrons. The monoisotopic (exact) mass is 501 g/mol. The minimum atomic E-state index is 0. The lowest BCUT2D eigenvalue weighted by molar-refractivity contribution is 0.167. The van der Waals surface area contributed by atoms with E-state index in [4.69, 9.17) is 0 Å². The number of guanidine groups is 1. The minimum Gasteiger partial charge on any atom is -0.354 e. The van der Waals surface area contributed by atoms with Crippen LogP contribution in [0.15, 0.2) is 29.3 Å². The maximum absolute atomic E-state index is 4.40. The molecule has 0 bridgehead atoms. The smallest absolute Gasteiger partial charge is 0.191 e. The minimum absolute atomic E-state index is 0. The number of aliphatic imine (C=N–C) groups is 1. The fourth-order valence-corrected chi connectivity index (χ4v) is 3.60. The molecule has 5 nitrogen and oxygen atoms in total. The average molecular weight is 502 g/mol. The van der Waals surface area contributed by atoms with Gasteiger partial charge < -0.3 is 15.5 Å². The number of benzene rings is 1. The molecular formula is C22H40IN5. The summed E-state index contributed by atoms with van der Waals surface area (Å²) in [7, 11) is 1.85. The van der Waals surface area contributed by atoms with Crippen molar-refractivity contribution in [3.8, 4) is 0 Å². The molecule has 160 valence electrons. The highest BCUT2D eigenvalue weighted by atomic mass is 127. The van der Waals surface area contributed by atoms with Crippen LogP contribution in [-0.2, 0) is 13.1 Å². The number of nitrogens with one attached hydrogen (secondary N) is 2. The van der Waals surface area contributed by atoms with E-state index in [1.54, 1.807) is 0 Å². The molecule has 0 aromatic heterocycles. The summed E-state index contributed by atoms with van der Waals surface area (Å²) in [5.41, 5.74) is 2.66. The Balaban J connectivity index is 0.00000392. The van der Waals surface area contributed by atoms with Crippen LogP contribution in [0.2, 0.25) is 0 Å². The van der Waals surface area contributed by atoms with Gasteiger partial charge in [-0.25, -0.2) is 0 Å². The first kappa shape index (κ1) is 25.2. The average Bonchev–Trinajstić information content (AvgIpc) is 2.70. The SMILES string of the molecule is CCN(CC)Cc1ccc(CNC(=NC)NC2CCN(C(C)C)CC2)cc1.I. The van der Waals surface area contributed by atoms with E-state index in [1.807, 2.05) is 7.05 Å². The highest BCUT2D eigenvalue weighted by molar-refractivity contribution is 14.0. The van der Waals surface area contributed by atoms with Gasteiger partial charge in [-0.3, -0.25) is 9.89 Å². The van der Waals surface area contributed by atoms with Gasteiger partial charge in [0.05, 0.1) is 0 Å². The molecular weight excluding hydrogens is 461 g/mol. The molecule has 1 heterocycles. The molecule has 0 spiro atoms. The summed E-state index contributed by atoms with van der Waals surface area (Å²) >= 11 is 0. The van der Waals surface area contributed by atoms with Crippen molar-refractivity contribution < 1.29 is 0 Å². The van der Waals surface area contributed by atoms with Crippen LogP contribution in [0.5, 0.6) is 0 Å². The first-order valence-corrected chi connectivity index (χ1v) is 10.6. The second-order valence-corrected chi connectivity index (χ2v) is 7.75. The van der Waals surface area contributed by atoms with E-state index in [0.29, 0.717) is 12.1 Å². The van der Waals surface area contributed by atoms with Crippen LogP contribution >= 0.6 is 24.0 Å². The Morgan fingerprint density at radius 1 is 1.11 bits per heavy atom. The molecule has 1 aliphatic rings. The van der Waals surface area contributed by atoms with Gasteiger partial charge in [-0.05, 0) is 50.9 Å². The summed E-state index contributed by atoms with van der Waals surface area (Å²) in [5.74, 6) is 0.908. The van der Waals surface area contributed by atoms with Crippen molar-refractivity contribution in [2.45, 2.75) is 65.7 Å². The maximum atomic E-state index is 4.40. The lowest BCUT2D eigenvalue weighted by Gasteiger charge is -2.35. The van der Waals surface area contributed by atoms with Gasteiger partial charge in [-0.15, -0.1) is 24.0 Å². The quantitative estimate of drug-likeness (QED) is 0.324. The summed E-state index contributed by atoms with van der Waals surface area (Å²) < 4.78 is 0. The van der Waals surface area contributed by atoms with E-state index in [-0.39, 0.29) is 24.0 Å². The fraction of sp³-hybridized carbons (Fsp3) is 0.682. The standard InChI is InChI=1S/C22H39N5.HI/c1-6-26(7-2)17-20-10-8-19(9-11-20)16-24-22(23-5)25-21-12-14-27(15-13-21)18(3)4;/h8-11,18,21H,6-7,12-17H2,1-5H3,(H2,23,24,25);1H. The molecule has 1 aromatic rings. The number of hydrogen-bond donors (Lipinski definition) is 2. The molecule has 28 heavy (non-hydrogen) atoms. The molecule has 0 atom stereocenters. The Morgan fingerprint density at radius 3 is 2.18 bits per heavy atom. The van der Waals surface area contributed by atoms with E-state index in [9.17, 15) is 0 Å².